The van der Waals surface area contributed by atoms with Crippen LogP contribution in [0.2, 0.25) is 0 Å². The number of hydrogen-bond donors (Lipinski definition) is 0. The van der Waals surface area contributed by atoms with Crippen LogP contribution in [0.25, 0.3) is 0 Å². The summed E-state index contributed by atoms with van der Waals surface area (Å²) < 4.78 is 17.0. The first-order valence-electron chi connectivity index (χ1n) is 34.0. The van der Waals surface area contributed by atoms with Gasteiger partial charge in [0.05, 0.1) is 0 Å². The van der Waals surface area contributed by atoms with Crippen molar-refractivity contribution >= 4 is 17.9 Å². The Kier molecular flexibility index (Phi) is 63.1. The van der Waals surface area contributed by atoms with Crippen LogP contribution in [0.1, 0.15) is 374 Å². The molecule has 0 saturated heterocycles. The maximum Gasteiger partial charge on any atom is 0.306 e. The van der Waals surface area contributed by atoms with Gasteiger partial charge in [-0.25, -0.2) is 0 Å². The second-order valence-corrected chi connectivity index (χ2v) is 23.1. The van der Waals surface area contributed by atoms with Crippen LogP contribution in [0.3, 0.4) is 0 Å². The van der Waals surface area contributed by atoms with Crippen molar-refractivity contribution in [3.05, 3.63) is 36.5 Å². The average Bonchev–Trinajstić information content (AvgIpc) is 3.42. The first kappa shape index (κ1) is 73.6. The van der Waals surface area contributed by atoms with E-state index in [-0.39, 0.29) is 31.1 Å². The van der Waals surface area contributed by atoms with Gasteiger partial charge in [-0.2, -0.15) is 0 Å². The lowest BCUT2D eigenvalue weighted by Gasteiger charge is -2.18. The summed E-state index contributed by atoms with van der Waals surface area (Å²) >= 11 is 0. The molecule has 0 radical (unpaired) electrons. The van der Waals surface area contributed by atoms with Gasteiger partial charge in [-0.1, -0.05) is 333 Å². The molecule has 1 unspecified atom stereocenters. The van der Waals surface area contributed by atoms with Crippen LogP contribution < -0.4 is 0 Å². The van der Waals surface area contributed by atoms with Gasteiger partial charge in [0.1, 0.15) is 13.2 Å². The maximum atomic E-state index is 12.9. The summed E-state index contributed by atoms with van der Waals surface area (Å²) in [5.74, 6) is -0.856. The van der Waals surface area contributed by atoms with Crippen LogP contribution >= 0.6 is 0 Å². The Bertz CT molecular complexity index is 1270. The fourth-order valence-electron chi connectivity index (χ4n) is 10.3. The number of ether oxygens (including phenoxy) is 3. The van der Waals surface area contributed by atoms with E-state index >= 15 is 0 Å². The van der Waals surface area contributed by atoms with Crippen LogP contribution in [-0.4, -0.2) is 37.2 Å². The van der Waals surface area contributed by atoms with E-state index in [9.17, 15) is 14.4 Å². The van der Waals surface area contributed by atoms with Crippen molar-refractivity contribution in [2.45, 2.75) is 380 Å². The maximum absolute atomic E-state index is 12.9. The second kappa shape index (κ2) is 65.2. The number of carbonyl (C=O) groups is 3. The molecule has 0 rings (SSSR count). The Balaban J connectivity index is 4.30. The van der Waals surface area contributed by atoms with E-state index in [1.54, 1.807) is 0 Å². The summed E-state index contributed by atoms with van der Waals surface area (Å²) in [5.41, 5.74) is 0. The predicted molar refractivity (Wildman–Crippen MR) is 330 cm³/mol. The van der Waals surface area contributed by atoms with Gasteiger partial charge in [-0.05, 0) is 57.8 Å². The van der Waals surface area contributed by atoms with Gasteiger partial charge in [0.2, 0.25) is 0 Å². The molecule has 0 aliphatic carbocycles. The topological polar surface area (TPSA) is 78.9 Å². The van der Waals surface area contributed by atoms with Crippen LogP contribution in [0.4, 0.5) is 0 Å². The van der Waals surface area contributed by atoms with E-state index in [2.05, 4.69) is 57.2 Å². The van der Waals surface area contributed by atoms with Gasteiger partial charge >= 0.3 is 17.9 Å². The molecule has 6 nitrogen and oxygen atoms in total. The SMILES string of the molecule is CCCCCCC/C=C\C/C=C\C/C=C\CCCCCCCCC(=O)OC(COC(=O)CCCCCCCCCCCCCCCC)COC(=O)CCCCCCCCCCCCCCCCCCCCCCCCC. The quantitative estimate of drug-likeness (QED) is 0.0261. The van der Waals surface area contributed by atoms with E-state index in [0.29, 0.717) is 19.3 Å². The molecule has 6 heteroatoms. The normalized spacial score (nSPS) is 12.2. The number of carbonyl (C=O) groups excluding carboxylic acids is 3. The Morgan fingerprint density at radius 1 is 0.263 bits per heavy atom. The molecule has 0 N–H and O–H groups in total. The first-order chi connectivity index (χ1) is 37.5. The van der Waals surface area contributed by atoms with Crippen molar-refractivity contribution in [3.63, 3.8) is 0 Å². The monoisotopic (exact) mass is 1070 g/mol. The predicted octanol–water partition coefficient (Wildman–Crippen LogP) is 23.2. The van der Waals surface area contributed by atoms with Gasteiger partial charge in [-0.15, -0.1) is 0 Å². The van der Waals surface area contributed by atoms with Crippen LogP contribution in [0.15, 0.2) is 36.5 Å². The molecule has 0 aromatic rings. The molecule has 0 aromatic heterocycles. The fraction of sp³-hybridized carbons (Fsp3) is 0.871. The zero-order valence-electron chi connectivity index (χ0n) is 51.3. The molecular formula is C70H130O6. The molecule has 0 fully saturated rings. The second-order valence-electron chi connectivity index (χ2n) is 23.1. The van der Waals surface area contributed by atoms with Crippen molar-refractivity contribution in [2.75, 3.05) is 13.2 Å². The van der Waals surface area contributed by atoms with E-state index in [0.717, 1.165) is 77.0 Å². The van der Waals surface area contributed by atoms with Crippen LogP contribution in [0.5, 0.6) is 0 Å². The molecule has 446 valence electrons. The lowest BCUT2D eigenvalue weighted by Crippen LogP contribution is -2.30. The summed E-state index contributed by atoms with van der Waals surface area (Å²) in [4.78, 5) is 38.4. The third-order valence-corrected chi connectivity index (χ3v) is 15.4. The van der Waals surface area contributed by atoms with Crippen LogP contribution in [-0.2, 0) is 28.6 Å². The number of esters is 3. The smallest absolute Gasteiger partial charge is 0.306 e. The van der Waals surface area contributed by atoms with E-state index in [1.807, 2.05) is 0 Å². The molecule has 0 aliphatic heterocycles. The minimum atomic E-state index is -0.776. The zero-order valence-corrected chi connectivity index (χ0v) is 51.3. The number of hydrogen-bond acceptors (Lipinski definition) is 6. The molecule has 76 heavy (non-hydrogen) atoms. The highest BCUT2D eigenvalue weighted by Crippen LogP contribution is 2.18. The molecular weight excluding hydrogens is 937 g/mol. The van der Waals surface area contributed by atoms with Crippen molar-refractivity contribution in [3.8, 4) is 0 Å². The molecule has 0 heterocycles. The summed E-state index contributed by atoms with van der Waals surface area (Å²) in [7, 11) is 0. The molecule has 0 saturated carbocycles. The highest BCUT2D eigenvalue weighted by molar-refractivity contribution is 5.71. The molecule has 0 bridgehead atoms. The Labute approximate surface area is 474 Å². The van der Waals surface area contributed by atoms with Gasteiger partial charge in [0.15, 0.2) is 6.10 Å². The number of unbranched alkanes of at least 4 members (excludes halogenated alkanes) is 46. The largest absolute Gasteiger partial charge is 0.462 e. The van der Waals surface area contributed by atoms with Gasteiger partial charge in [0.25, 0.3) is 0 Å². The van der Waals surface area contributed by atoms with Crippen molar-refractivity contribution in [2.24, 2.45) is 0 Å². The Morgan fingerprint density at radius 3 is 0.737 bits per heavy atom. The Hall–Kier alpha value is -2.37. The third-order valence-electron chi connectivity index (χ3n) is 15.4. The fourth-order valence-corrected chi connectivity index (χ4v) is 10.3. The Morgan fingerprint density at radius 2 is 0.474 bits per heavy atom. The van der Waals surface area contributed by atoms with Crippen molar-refractivity contribution < 1.29 is 28.6 Å². The summed E-state index contributed by atoms with van der Waals surface area (Å²) in [6.07, 6.45) is 80.2. The van der Waals surface area contributed by atoms with Crippen molar-refractivity contribution in [1.29, 1.82) is 0 Å². The summed E-state index contributed by atoms with van der Waals surface area (Å²) in [5, 5.41) is 0. The molecule has 0 aliphatic rings. The van der Waals surface area contributed by atoms with E-state index in [4.69, 9.17) is 14.2 Å². The number of allylic oxidation sites excluding steroid dienone is 6. The highest BCUT2D eigenvalue weighted by Gasteiger charge is 2.19. The minimum absolute atomic E-state index is 0.0720. The van der Waals surface area contributed by atoms with Gasteiger partial charge in [0, 0.05) is 19.3 Å². The third kappa shape index (κ3) is 62.5. The average molecular weight is 1070 g/mol. The van der Waals surface area contributed by atoms with Crippen molar-refractivity contribution in [1.82, 2.24) is 0 Å². The van der Waals surface area contributed by atoms with Gasteiger partial charge in [-0.3, -0.25) is 14.4 Å². The lowest BCUT2D eigenvalue weighted by molar-refractivity contribution is -0.167. The van der Waals surface area contributed by atoms with E-state index in [1.165, 1.54) is 257 Å². The highest BCUT2D eigenvalue weighted by atomic mass is 16.6. The number of rotatable bonds is 63. The first-order valence-corrected chi connectivity index (χ1v) is 34.0. The van der Waals surface area contributed by atoms with E-state index < -0.39 is 6.10 Å². The molecule has 0 amide bonds. The standard InChI is InChI=1S/C70H130O6/c1-4-7-10-13-16-19-22-25-28-30-32-34-35-37-38-40-42-45-48-51-54-57-60-63-69(72)75-66-67(65-74-68(71)62-59-56-53-50-47-44-27-24-21-18-15-12-9-6-3)76-70(73)64-61-58-55-52-49-46-43-41-39-36-33-31-29-26-23-20-17-14-11-8-5-2/h23,26,31,33,39,41,67H,4-22,24-25,27-30,32,34-38,40,42-66H2,1-3H3/b26-23-,33-31-,41-39-. The molecule has 1 atom stereocenters. The van der Waals surface area contributed by atoms with Crippen LogP contribution in [0, 0.1) is 0 Å². The summed E-state index contributed by atoms with van der Waals surface area (Å²) in [6.45, 7) is 6.69. The molecule has 0 spiro atoms. The molecule has 0 aromatic carbocycles. The van der Waals surface area contributed by atoms with Gasteiger partial charge < -0.3 is 14.2 Å². The lowest BCUT2D eigenvalue weighted by atomic mass is 10.0. The minimum Gasteiger partial charge on any atom is -0.462 e. The zero-order chi connectivity index (χ0) is 55.0. The summed E-state index contributed by atoms with van der Waals surface area (Å²) in [6, 6.07) is 0.